The maximum atomic E-state index is 12.1. The lowest BCUT2D eigenvalue weighted by Crippen LogP contribution is -2.40. The normalized spacial score (nSPS) is 12.4. The lowest BCUT2D eigenvalue weighted by atomic mass is 10.3. The van der Waals surface area contributed by atoms with Crippen molar-refractivity contribution in [1.29, 1.82) is 0 Å². The van der Waals surface area contributed by atoms with Crippen molar-refractivity contribution in [3.8, 4) is 0 Å². The molecule has 0 aliphatic rings. The second kappa shape index (κ2) is 7.87. The van der Waals surface area contributed by atoms with E-state index in [1.54, 1.807) is 6.20 Å². The Labute approximate surface area is 109 Å². The van der Waals surface area contributed by atoms with E-state index in [1.165, 1.54) is 0 Å². The third kappa shape index (κ3) is 4.49. The highest BCUT2D eigenvalue weighted by atomic mass is 16.5. The minimum absolute atomic E-state index is 0.0538. The van der Waals surface area contributed by atoms with Gasteiger partial charge in [0.25, 0.3) is 5.91 Å². The summed E-state index contributed by atoms with van der Waals surface area (Å²) in [6.07, 6.45) is 4.21. The smallest absolute Gasteiger partial charge is 0.251 e. The highest BCUT2D eigenvalue weighted by molar-refractivity contribution is 5.80. The number of carbonyl (C=O) groups is 1. The summed E-state index contributed by atoms with van der Waals surface area (Å²) in [7, 11) is 0. The number of ether oxygens (including phenoxy) is 1. The molecule has 0 aromatic carbocycles. The molecular weight excluding hydrogens is 230 g/mol. The Morgan fingerprint density at radius 2 is 2.28 bits per heavy atom. The van der Waals surface area contributed by atoms with Crippen LogP contribution in [0.25, 0.3) is 0 Å². The van der Waals surface area contributed by atoms with Gasteiger partial charge < -0.3 is 9.64 Å². The zero-order valence-corrected chi connectivity index (χ0v) is 11.5. The molecule has 0 fully saturated rings. The number of likely N-dealkylation sites (N-methyl/N-ethyl adjacent to an activating group) is 1. The Bertz CT molecular complexity index is 338. The van der Waals surface area contributed by atoms with Crippen molar-refractivity contribution in [2.75, 3.05) is 19.7 Å². The van der Waals surface area contributed by atoms with Gasteiger partial charge in [-0.3, -0.25) is 9.48 Å². The molecule has 0 unspecified atom stereocenters. The quantitative estimate of drug-likeness (QED) is 0.706. The lowest BCUT2D eigenvalue weighted by molar-refractivity contribution is -0.142. The minimum Gasteiger partial charge on any atom is -0.369 e. The van der Waals surface area contributed by atoms with Crippen LogP contribution in [0.1, 0.15) is 27.2 Å². The van der Waals surface area contributed by atoms with Crippen LogP contribution in [0.2, 0.25) is 0 Å². The van der Waals surface area contributed by atoms with Crippen LogP contribution in [0, 0.1) is 0 Å². The minimum atomic E-state index is -0.359. The molecule has 0 radical (unpaired) electrons. The molecule has 1 rings (SSSR count). The number of hydrogen-bond donors (Lipinski definition) is 0. The second-order valence-corrected chi connectivity index (χ2v) is 4.20. The molecule has 0 bridgehead atoms. The van der Waals surface area contributed by atoms with Gasteiger partial charge in [-0.15, -0.1) is 0 Å². The van der Waals surface area contributed by atoms with Crippen LogP contribution >= 0.6 is 0 Å². The van der Waals surface area contributed by atoms with E-state index >= 15 is 0 Å². The first-order chi connectivity index (χ1) is 8.69. The van der Waals surface area contributed by atoms with Crippen LogP contribution in [0.3, 0.4) is 0 Å². The van der Waals surface area contributed by atoms with Gasteiger partial charge in [-0.05, 0) is 26.3 Å². The first kappa shape index (κ1) is 14.7. The zero-order chi connectivity index (χ0) is 13.4. The standard InChI is InChI=1S/C13H23N3O2/c1-4-11-18-12(3)13(17)15(5-2)9-10-16-8-6-7-14-16/h6-8,12H,4-5,9-11H2,1-3H3/t12-/m0/s1. The van der Waals surface area contributed by atoms with Crippen molar-refractivity contribution in [2.45, 2.75) is 39.8 Å². The summed E-state index contributed by atoms with van der Waals surface area (Å²) in [6.45, 7) is 8.53. The van der Waals surface area contributed by atoms with E-state index in [1.807, 2.05) is 42.6 Å². The molecular formula is C13H23N3O2. The molecule has 5 nitrogen and oxygen atoms in total. The molecule has 0 spiro atoms. The monoisotopic (exact) mass is 253 g/mol. The summed E-state index contributed by atoms with van der Waals surface area (Å²) in [5.74, 6) is 0.0538. The molecule has 1 atom stereocenters. The van der Waals surface area contributed by atoms with Gasteiger partial charge in [0, 0.05) is 32.1 Å². The maximum Gasteiger partial charge on any atom is 0.251 e. The zero-order valence-electron chi connectivity index (χ0n) is 11.5. The van der Waals surface area contributed by atoms with Crippen molar-refractivity contribution in [3.05, 3.63) is 18.5 Å². The predicted octanol–water partition coefficient (Wildman–Crippen LogP) is 1.55. The van der Waals surface area contributed by atoms with Crippen LogP contribution in [0.5, 0.6) is 0 Å². The topological polar surface area (TPSA) is 47.4 Å². The van der Waals surface area contributed by atoms with E-state index in [0.717, 1.165) is 6.42 Å². The molecule has 0 saturated heterocycles. The number of nitrogens with zero attached hydrogens (tertiary/aromatic N) is 3. The molecule has 1 heterocycles. The Hall–Kier alpha value is -1.36. The van der Waals surface area contributed by atoms with Crippen molar-refractivity contribution >= 4 is 5.91 Å². The Kier molecular flexibility index (Phi) is 6.43. The van der Waals surface area contributed by atoms with E-state index < -0.39 is 0 Å². The predicted molar refractivity (Wildman–Crippen MR) is 70.2 cm³/mol. The van der Waals surface area contributed by atoms with Crippen molar-refractivity contribution in [2.24, 2.45) is 0 Å². The molecule has 18 heavy (non-hydrogen) atoms. The number of rotatable bonds is 8. The van der Waals surface area contributed by atoms with Gasteiger partial charge in [0.2, 0.25) is 0 Å². The largest absolute Gasteiger partial charge is 0.369 e. The first-order valence-electron chi connectivity index (χ1n) is 6.56. The van der Waals surface area contributed by atoms with E-state index in [2.05, 4.69) is 5.10 Å². The summed E-state index contributed by atoms with van der Waals surface area (Å²) in [5, 5.41) is 4.12. The van der Waals surface area contributed by atoms with Gasteiger partial charge in [-0.25, -0.2) is 0 Å². The van der Waals surface area contributed by atoms with Crippen LogP contribution in [0.15, 0.2) is 18.5 Å². The fourth-order valence-corrected chi connectivity index (χ4v) is 1.70. The molecule has 1 aromatic heterocycles. The van der Waals surface area contributed by atoms with Crippen LogP contribution in [-0.4, -0.2) is 46.4 Å². The molecule has 1 aromatic rings. The fourth-order valence-electron chi connectivity index (χ4n) is 1.70. The second-order valence-electron chi connectivity index (χ2n) is 4.20. The first-order valence-corrected chi connectivity index (χ1v) is 6.56. The van der Waals surface area contributed by atoms with Gasteiger partial charge in [0.05, 0.1) is 6.54 Å². The average Bonchev–Trinajstić information content (AvgIpc) is 2.89. The molecule has 5 heteroatoms. The highest BCUT2D eigenvalue weighted by Crippen LogP contribution is 2.01. The molecule has 1 amide bonds. The van der Waals surface area contributed by atoms with E-state index in [9.17, 15) is 4.79 Å². The summed E-state index contributed by atoms with van der Waals surface area (Å²) in [4.78, 5) is 13.9. The number of hydrogen-bond acceptors (Lipinski definition) is 3. The Balaban J connectivity index is 2.41. The molecule has 102 valence electrons. The number of carbonyl (C=O) groups excluding carboxylic acids is 1. The fraction of sp³-hybridized carbons (Fsp3) is 0.692. The average molecular weight is 253 g/mol. The lowest BCUT2D eigenvalue weighted by Gasteiger charge is -2.24. The van der Waals surface area contributed by atoms with E-state index in [4.69, 9.17) is 4.74 Å². The van der Waals surface area contributed by atoms with Crippen molar-refractivity contribution in [3.63, 3.8) is 0 Å². The molecule has 0 aliphatic heterocycles. The van der Waals surface area contributed by atoms with E-state index in [-0.39, 0.29) is 12.0 Å². The maximum absolute atomic E-state index is 12.1. The van der Waals surface area contributed by atoms with Gasteiger partial charge in [-0.2, -0.15) is 5.10 Å². The van der Waals surface area contributed by atoms with Crippen LogP contribution < -0.4 is 0 Å². The van der Waals surface area contributed by atoms with Gasteiger partial charge in [0.1, 0.15) is 6.10 Å². The van der Waals surface area contributed by atoms with Crippen LogP contribution in [-0.2, 0) is 16.1 Å². The number of amides is 1. The summed E-state index contributed by atoms with van der Waals surface area (Å²) >= 11 is 0. The highest BCUT2D eigenvalue weighted by Gasteiger charge is 2.19. The number of aromatic nitrogens is 2. The van der Waals surface area contributed by atoms with Crippen molar-refractivity contribution in [1.82, 2.24) is 14.7 Å². The molecule has 0 aliphatic carbocycles. The van der Waals surface area contributed by atoms with Crippen molar-refractivity contribution < 1.29 is 9.53 Å². The Morgan fingerprint density at radius 3 is 2.83 bits per heavy atom. The molecule has 0 saturated carbocycles. The SMILES string of the molecule is CCCO[C@@H](C)C(=O)N(CC)CCn1cccn1. The third-order valence-corrected chi connectivity index (χ3v) is 2.77. The van der Waals surface area contributed by atoms with Gasteiger partial charge in [-0.1, -0.05) is 6.92 Å². The summed E-state index contributed by atoms with van der Waals surface area (Å²) in [5.41, 5.74) is 0. The molecule has 0 N–H and O–H groups in total. The van der Waals surface area contributed by atoms with Gasteiger partial charge in [0.15, 0.2) is 0 Å². The van der Waals surface area contributed by atoms with Crippen LogP contribution in [0.4, 0.5) is 0 Å². The Morgan fingerprint density at radius 1 is 1.50 bits per heavy atom. The third-order valence-electron chi connectivity index (χ3n) is 2.77. The van der Waals surface area contributed by atoms with E-state index in [0.29, 0.717) is 26.2 Å². The van der Waals surface area contributed by atoms with Gasteiger partial charge >= 0.3 is 0 Å². The summed E-state index contributed by atoms with van der Waals surface area (Å²) < 4.78 is 7.29. The summed E-state index contributed by atoms with van der Waals surface area (Å²) in [6, 6.07) is 1.88.